The topological polar surface area (TPSA) is 83.5 Å². The molecular weight excluding hydrogens is 316 g/mol. The molecule has 1 saturated carbocycles. The molecule has 3 aliphatic rings. The van der Waals surface area contributed by atoms with Crippen molar-refractivity contribution in [2.24, 2.45) is 0 Å². The van der Waals surface area contributed by atoms with Gasteiger partial charge in [0.15, 0.2) is 17.7 Å². The number of halogens is 1. The third kappa shape index (κ3) is 2.74. The van der Waals surface area contributed by atoms with Crippen LogP contribution in [0.15, 0.2) is 0 Å². The van der Waals surface area contributed by atoms with Gasteiger partial charge in [-0.2, -0.15) is 0 Å². The van der Waals surface area contributed by atoms with E-state index < -0.39 is 54.2 Å². The lowest BCUT2D eigenvalue weighted by atomic mass is 9.85. The van der Waals surface area contributed by atoms with Gasteiger partial charge in [-0.15, -0.1) is 11.6 Å². The molecule has 2 aliphatic heterocycles. The van der Waals surface area contributed by atoms with E-state index in [2.05, 4.69) is 0 Å². The van der Waals surface area contributed by atoms with E-state index in [1.165, 1.54) is 0 Å². The third-order valence-electron chi connectivity index (χ3n) is 4.02. The molecule has 0 spiro atoms. The van der Waals surface area contributed by atoms with Gasteiger partial charge in [0, 0.05) is 0 Å². The summed E-state index contributed by atoms with van der Waals surface area (Å²) < 4.78 is 28.6. The maximum Gasteiger partial charge on any atom is 0.321 e. The molecular formula is C14H21ClO7. The molecule has 126 valence electrons. The fourth-order valence-electron chi connectivity index (χ4n) is 3.36. The number of fused-ring (bicyclic) bond motifs is 3. The molecule has 2 saturated heterocycles. The number of hydrogen-bond acceptors (Lipinski definition) is 7. The Morgan fingerprint density at radius 3 is 2.00 bits per heavy atom. The van der Waals surface area contributed by atoms with Gasteiger partial charge in [-0.25, -0.2) is 0 Å². The number of aliphatic hydroxyl groups excluding tert-OH is 1. The molecule has 1 aliphatic carbocycles. The number of carbonyl (C=O) groups is 1. The number of esters is 1. The standard InChI is InChI=1S/C14H21ClO7/c1-13(2)19-9-7(17)8(18-6(16)5-15)10-12(11(9)21-13)22-14(3,4)20-10/h7-12,17H,5H2,1-4H3/t7-,8-,9+,10+,11+,12+/m1/s1. The number of alkyl halides is 1. The Morgan fingerprint density at radius 1 is 1.00 bits per heavy atom. The summed E-state index contributed by atoms with van der Waals surface area (Å²) in [5, 5.41) is 10.6. The van der Waals surface area contributed by atoms with Gasteiger partial charge in [0.05, 0.1) is 0 Å². The number of aliphatic hydroxyl groups is 1. The van der Waals surface area contributed by atoms with Crippen LogP contribution >= 0.6 is 11.6 Å². The van der Waals surface area contributed by atoms with Gasteiger partial charge in [0.25, 0.3) is 0 Å². The van der Waals surface area contributed by atoms with Crippen molar-refractivity contribution in [1.82, 2.24) is 0 Å². The largest absolute Gasteiger partial charge is 0.456 e. The second-order valence-corrected chi connectivity index (χ2v) is 6.98. The van der Waals surface area contributed by atoms with Crippen molar-refractivity contribution in [1.29, 1.82) is 0 Å². The van der Waals surface area contributed by atoms with E-state index in [0.717, 1.165) is 0 Å². The van der Waals surface area contributed by atoms with Crippen LogP contribution in [-0.2, 0) is 28.5 Å². The molecule has 1 N–H and O–H groups in total. The average molecular weight is 337 g/mol. The highest BCUT2D eigenvalue weighted by Crippen LogP contribution is 2.45. The van der Waals surface area contributed by atoms with E-state index in [1.807, 2.05) is 0 Å². The molecule has 22 heavy (non-hydrogen) atoms. The first-order chi connectivity index (χ1) is 10.1. The Kier molecular flexibility index (Phi) is 3.95. The van der Waals surface area contributed by atoms with Gasteiger partial charge in [0.1, 0.15) is 36.4 Å². The first kappa shape index (κ1) is 16.4. The molecule has 3 fully saturated rings. The maximum absolute atomic E-state index is 11.6. The van der Waals surface area contributed by atoms with Crippen molar-refractivity contribution >= 4 is 17.6 Å². The second-order valence-electron chi connectivity index (χ2n) is 6.71. The predicted molar refractivity (Wildman–Crippen MR) is 74.3 cm³/mol. The predicted octanol–water partition coefficient (Wildman–Crippen LogP) is 0.552. The highest BCUT2D eigenvalue weighted by atomic mass is 35.5. The highest BCUT2D eigenvalue weighted by Gasteiger charge is 2.64. The zero-order valence-electron chi connectivity index (χ0n) is 12.9. The van der Waals surface area contributed by atoms with Crippen LogP contribution in [0.25, 0.3) is 0 Å². The van der Waals surface area contributed by atoms with Crippen LogP contribution in [0, 0.1) is 0 Å². The van der Waals surface area contributed by atoms with E-state index in [4.69, 9.17) is 35.3 Å². The van der Waals surface area contributed by atoms with Crippen molar-refractivity contribution < 1.29 is 33.6 Å². The molecule has 2 heterocycles. The van der Waals surface area contributed by atoms with Gasteiger partial charge in [-0.1, -0.05) is 0 Å². The van der Waals surface area contributed by atoms with Crippen molar-refractivity contribution in [3.8, 4) is 0 Å². The molecule has 0 aromatic heterocycles. The molecule has 0 aromatic carbocycles. The number of hydrogen-bond donors (Lipinski definition) is 1. The molecule has 0 bridgehead atoms. The minimum absolute atomic E-state index is 0.304. The van der Waals surface area contributed by atoms with Crippen LogP contribution in [0.3, 0.4) is 0 Å². The van der Waals surface area contributed by atoms with Crippen LogP contribution < -0.4 is 0 Å². The van der Waals surface area contributed by atoms with E-state index in [0.29, 0.717) is 0 Å². The minimum Gasteiger partial charge on any atom is -0.456 e. The maximum atomic E-state index is 11.6. The summed E-state index contributed by atoms with van der Waals surface area (Å²) in [6, 6.07) is 0. The zero-order chi connectivity index (χ0) is 16.3. The van der Waals surface area contributed by atoms with Crippen molar-refractivity contribution in [2.45, 2.75) is 75.9 Å². The highest BCUT2D eigenvalue weighted by molar-refractivity contribution is 6.26. The van der Waals surface area contributed by atoms with Gasteiger partial charge < -0.3 is 28.8 Å². The Balaban J connectivity index is 1.90. The summed E-state index contributed by atoms with van der Waals surface area (Å²) in [5.74, 6) is -2.66. The summed E-state index contributed by atoms with van der Waals surface area (Å²) in [5.41, 5.74) is 0. The normalized spacial score (nSPS) is 45.2. The van der Waals surface area contributed by atoms with Crippen molar-refractivity contribution in [2.75, 3.05) is 5.88 Å². The van der Waals surface area contributed by atoms with E-state index in [1.54, 1.807) is 27.7 Å². The Labute approximate surface area is 133 Å². The fraction of sp³-hybridized carbons (Fsp3) is 0.929. The molecule has 0 radical (unpaired) electrons. The molecule has 3 rings (SSSR count). The minimum atomic E-state index is -1.09. The quantitative estimate of drug-likeness (QED) is 0.582. The fourth-order valence-corrected chi connectivity index (χ4v) is 3.43. The summed E-state index contributed by atoms with van der Waals surface area (Å²) in [6.07, 6.45) is -4.31. The van der Waals surface area contributed by atoms with Crippen LogP contribution in [-0.4, -0.2) is 65.2 Å². The number of ether oxygens (including phenoxy) is 5. The Bertz CT molecular complexity index is 466. The summed E-state index contributed by atoms with van der Waals surface area (Å²) in [4.78, 5) is 11.6. The van der Waals surface area contributed by atoms with E-state index >= 15 is 0 Å². The van der Waals surface area contributed by atoms with Gasteiger partial charge >= 0.3 is 5.97 Å². The summed E-state index contributed by atoms with van der Waals surface area (Å²) >= 11 is 5.49. The van der Waals surface area contributed by atoms with Gasteiger partial charge in [-0.05, 0) is 27.7 Å². The van der Waals surface area contributed by atoms with Crippen molar-refractivity contribution in [3.05, 3.63) is 0 Å². The molecule has 0 unspecified atom stereocenters. The Hall–Kier alpha value is -0.440. The molecule has 8 heteroatoms. The molecule has 0 amide bonds. The van der Waals surface area contributed by atoms with Crippen LogP contribution in [0.5, 0.6) is 0 Å². The second kappa shape index (κ2) is 5.29. The third-order valence-corrected chi connectivity index (χ3v) is 4.24. The average Bonchev–Trinajstić information content (AvgIpc) is 2.90. The van der Waals surface area contributed by atoms with Crippen LogP contribution in [0.2, 0.25) is 0 Å². The molecule has 6 atom stereocenters. The monoisotopic (exact) mass is 336 g/mol. The lowest BCUT2D eigenvalue weighted by Gasteiger charge is -2.40. The van der Waals surface area contributed by atoms with Gasteiger partial charge in [0.2, 0.25) is 0 Å². The lowest BCUT2D eigenvalue weighted by Crippen LogP contribution is -2.62. The van der Waals surface area contributed by atoms with Crippen LogP contribution in [0.1, 0.15) is 27.7 Å². The van der Waals surface area contributed by atoms with E-state index in [-0.39, 0.29) is 5.88 Å². The number of carbonyl (C=O) groups excluding carboxylic acids is 1. The van der Waals surface area contributed by atoms with E-state index in [9.17, 15) is 9.90 Å². The SMILES string of the molecule is CC1(C)O[C@H]2[C@@H](O1)[C@H](OC(=O)CCl)[C@@H](O)[C@@H]1OC(C)(C)O[C@H]21. The summed E-state index contributed by atoms with van der Waals surface area (Å²) in [6.45, 7) is 7.03. The zero-order valence-corrected chi connectivity index (χ0v) is 13.7. The summed E-state index contributed by atoms with van der Waals surface area (Å²) in [7, 11) is 0. The first-order valence-electron chi connectivity index (χ1n) is 7.28. The van der Waals surface area contributed by atoms with Gasteiger partial charge in [-0.3, -0.25) is 4.79 Å². The molecule has 0 aromatic rings. The number of rotatable bonds is 2. The Morgan fingerprint density at radius 2 is 1.45 bits per heavy atom. The molecule has 7 nitrogen and oxygen atoms in total. The van der Waals surface area contributed by atoms with Crippen LogP contribution in [0.4, 0.5) is 0 Å². The first-order valence-corrected chi connectivity index (χ1v) is 7.82. The smallest absolute Gasteiger partial charge is 0.321 e. The lowest BCUT2D eigenvalue weighted by molar-refractivity contribution is -0.197. The van der Waals surface area contributed by atoms with Crippen molar-refractivity contribution in [3.63, 3.8) is 0 Å².